The molecule has 0 spiro atoms. The maximum absolute atomic E-state index is 12.9. The first-order valence-electron chi connectivity index (χ1n) is 8.16. The first-order valence-corrected chi connectivity index (χ1v) is 8.16. The van der Waals surface area contributed by atoms with Crippen molar-refractivity contribution in [3.05, 3.63) is 77.7 Å². The highest BCUT2D eigenvalue weighted by Gasteiger charge is 2.29. The highest BCUT2D eigenvalue weighted by molar-refractivity contribution is 5.57. The molecule has 0 atom stereocenters. The number of hydrogen-bond donors (Lipinski definition) is 2. The molecule has 0 saturated heterocycles. The third kappa shape index (κ3) is 5.40. The van der Waals surface area contributed by atoms with E-state index in [4.69, 9.17) is 0 Å². The zero-order valence-electron chi connectivity index (χ0n) is 14.1. The molecule has 4 nitrogen and oxygen atoms in total. The minimum Gasteiger partial charge on any atom is -0.354 e. The summed E-state index contributed by atoms with van der Waals surface area (Å²) < 4.78 is 50.7. The summed E-state index contributed by atoms with van der Waals surface area (Å²) >= 11 is 0. The fourth-order valence-corrected chi connectivity index (χ4v) is 2.37. The Hall–Kier alpha value is -3.16. The van der Waals surface area contributed by atoms with E-state index in [1.165, 1.54) is 24.3 Å². The van der Waals surface area contributed by atoms with Crippen molar-refractivity contribution < 1.29 is 17.6 Å². The van der Waals surface area contributed by atoms with Gasteiger partial charge in [-0.05, 0) is 54.4 Å². The molecule has 0 aliphatic carbocycles. The lowest BCUT2D eigenvalue weighted by molar-refractivity contribution is -0.137. The molecule has 1 aromatic heterocycles. The summed E-state index contributed by atoms with van der Waals surface area (Å²) in [4.78, 5) is 8.37. The number of benzene rings is 2. The smallest absolute Gasteiger partial charge is 0.354 e. The summed E-state index contributed by atoms with van der Waals surface area (Å²) in [6, 6.07) is 12.5. The van der Waals surface area contributed by atoms with Crippen LogP contribution in [-0.2, 0) is 12.6 Å². The number of nitrogens with one attached hydrogen (secondary N) is 2. The number of anilines is 3. The molecule has 2 aromatic carbocycles. The molecule has 27 heavy (non-hydrogen) atoms. The molecule has 0 aliphatic rings. The normalized spacial score (nSPS) is 11.3. The summed E-state index contributed by atoms with van der Waals surface area (Å²) in [6.07, 6.45) is -2.16. The van der Waals surface area contributed by atoms with Crippen molar-refractivity contribution in [3.8, 4) is 0 Å². The number of hydrogen-bond acceptors (Lipinski definition) is 4. The van der Waals surface area contributed by atoms with Gasteiger partial charge in [0.1, 0.15) is 11.6 Å². The van der Waals surface area contributed by atoms with Gasteiger partial charge in [0.2, 0.25) is 5.95 Å². The molecular weight excluding hydrogens is 360 g/mol. The van der Waals surface area contributed by atoms with Crippen molar-refractivity contribution in [2.45, 2.75) is 12.6 Å². The predicted octanol–water partition coefficient (Wildman–Crippen LogP) is 5.03. The van der Waals surface area contributed by atoms with Crippen molar-refractivity contribution in [1.82, 2.24) is 9.97 Å². The Bertz CT molecular complexity index is 877. The maximum atomic E-state index is 12.9. The summed E-state index contributed by atoms with van der Waals surface area (Å²) in [5.74, 6) is 0.556. The van der Waals surface area contributed by atoms with Gasteiger partial charge in [0.15, 0.2) is 0 Å². The number of aromatic nitrogens is 2. The summed E-state index contributed by atoms with van der Waals surface area (Å²) in [6.45, 7) is 0.551. The lowest BCUT2D eigenvalue weighted by atomic mass is 10.1. The minimum atomic E-state index is -4.37. The fourth-order valence-electron chi connectivity index (χ4n) is 2.37. The van der Waals surface area contributed by atoms with Gasteiger partial charge in [0, 0.05) is 18.4 Å². The summed E-state index contributed by atoms with van der Waals surface area (Å²) in [5.41, 5.74) is 0.751. The monoisotopic (exact) mass is 376 g/mol. The van der Waals surface area contributed by atoms with Crippen molar-refractivity contribution >= 4 is 17.5 Å². The number of halogens is 4. The van der Waals surface area contributed by atoms with Crippen LogP contribution in [0.15, 0.2) is 60.8 Å². The molecule has 0 unspecified atom stereocenters. The van der Waals surface area contributed by atoms with Crippen LogP contribution >= 0.6 is 0 Å². The molecule has 1 heterocycles. The van der Waals surface area contributed by atoms with Gasteiger partial charge in [-0.25, -0.2) is 9.37 Å². The van der Waals surface area contributed by atoms with Gasteiger partial charge in [-0.1, -0.05) is 12.1 Å². The van der Waals surface area contributed by atoms with Gasteiger partial charge >= 0.3 is 6.18 Å². The average molecular weight is 376 g/mol. The lowest BCUT2D eigenvalue weighted by Crippen LogP contribution is -2.09. The third-order valence-electron chi connectivity index (χ3n) is 3.75. The van der Waals surface area contributed by atoms with Gasteiger partial charge in [-0.2, -0.15) is 18.2 Å². The second-order valence-electron chi connectivity index (χ2n) is 5.77. The molecule has 0 bridgehead atoms. The van der Waals surface area contributed by atoms with Crippen LogP contribution in [0.1, 0.15) is 11.1 Å². The Morgan fingerprint density at radius 3 is 2.26 bits per heavy atom. The molecule has 0 aliphatic heterocycles. The largest absolute Gasteiger partial charge is 0.416 e. The van der Waals surface area contributed by atoms with Crippen LogP contribution < -0.4 is 10.6 Å². The second-order valence-corrected chi connectivity index (χ2v) is 5.77. The summed E-state index contributed by atoms with van der Waals surface area (Å²) in [5, 5.41) is 6.00. The van der Waals surface area contributed by atoms with E-state index in [0.29, 0.717) is 30.4 Å². The predicted molar refractivity (Wildman–Crippen MR) is 95.4 cm³/mol. The average Bonchev–Trinajstić information content (AvgIpc) is 2.63. The first kappa shape index (κ1) is 18.6. The molecule has 0 amide bonds. The van der Waals surface area contributed by atoms with Crippen LogP contribution in [0.4, 0.5) is 35.0 Å². The number of nitrogens with zero attached hydrogens (tertiary/aromatic N) is 2. The van der Waals surface area contributed by atoms with E-state index < -0.39 is 11.7 Å². The zero-order valence-corrected chi connectivity index (χ0v) is 14.1. The molecule has 0 radical (unpaired) electrons. The zero-order chi connectivity index (χ0) is 19.3. The first-order chi connectivity index (χ1) is 12.9. The topological polar surface area (TPSA) is 49.8 Å². The quantitative estimate of drug-likeness (QED) is 0.592. The van der Waals surface area contributed by atoms with Crippen molar-refractivity contribution in [2.24, 2.45) is 0 Å². The van der Waals surface area contributed by atoms with Gasteiger partial charge in [-0.15, -0.1) is 0 Å². The molecule has 2 N–H and O–H groups in total. The van der Waals surface area contributed by atoms with E-state index in [9.17, 15) is 17.6 Å². The molecular formula is C19H16F4N4. The fraction of sp³-hybridized carbons (Fsp3) is 0.158. The van der Waals surface area contributed by atoms with Gasteiger partial charge in [-0.3, -0.25) is 0 Å². The van der Waals surface area contributed by atoms with Crippen LogP contribution in [0.3, 0.4) is 0 Å². The Balaban J connectivity index is 1.57. The highest BCUT2D eigenvalue weighted by atomic mass is 19.4. The molecule has 3 rings (SSSR count). The van der Waals surface area contributed by atoms with Crippen molar-refractivity contribution in [2.75, 3.05) is 17.2 Å². The van der Waals surface area contributed by atoms with E-state index in [0.717, 1.165) is 17.7 Å². The number of alkyl halides is 3. The van der Waals surface area contributed by atoms with Crippen molar-refractivity contribution in [1.29, 1.82) is 0 Å². The lowest BCUT2D eigenvalue weighted by Gasteiger charge is -2.10. The standard InChI is InChI=1S/C19H16F4N4/c20-15-5-1-13(2-6-15)9-11-24-18-25-12-10-17(27-18)26-16-7-3-14(4-8-16)19(21,22)23/h1-8,10,12H,9,11H2,(H2,24,25,26,27). The van der Waals surface area contributed by atoms with E-state index in [2.05, 4.69) is 20.6 Å². The molecule has 140 valence electrons. The van der Waals surface area contributed by atoms with Crippen LogP contribution in [0, 0.1) is 5.82 Å². The molecule has 0 fully saturated rings. The Morgan fingerprint density at radius 2 is 1.59 bits per heavy atom. The Labute approximate surface area is 153 Å². The van der Waals surface area contributed by atoms with E-state index in [1.54, 1.807) is 24.4 Å². The molecule has 0 saturated carbocycles. The van der Waals surface area contributed by atoms with E-state index >= 15 is 0 Å². The van der Waals surface area contributed by atoms with Crippen LogP contribution in [-0.4, -0.2) is 16.5 Å². The number of rotatable bonds is 6. The van der Waals surface area contributed by atoms with Crippen LogP contribution in [0.25, 0.3) is 0 Å². The van der Waals surface area contributed by atoms with Gasteiger partial charge in [0.25, 0.3) is 0 Å². The van der Waals surface area contributed by atoms with E-state index in [-0.39, 0.29) is 5.82 Å². The Morgan fingerprint density at radius 1 is 0.889 bits per heavy atom. The van der Waals surface area contributed by atoms with Gasteiger partial charge < -0.3 is 10.6 Å². The van der Waals surface area contributed by atoms with Crippen molar-refractivity contribution in [3.63, 3.8) is 0 Å². The van der Waals surface area contributed by atoms with Crippen LogP contribution in [0.2, 0.25) is 0 Å². The summed E-state index contributed by atoms with van der Waals surface area (Å²) in [7, 11) is 0. The highest BCUT2D eigenvalue weighted by Crippen LogP contribution is 2.30. The molecule has 3 aromatic rings. The molecule has 8 heteroatoms. The van der Waals surface area contributed by atoms with Gasteiger partial charge in [0.05, 0.1) is 5.56 Å². The SMILES string of the molecule is Fc1ccc(CCNc2nccc(Nc3ccc(C(F)(F)F)cc3)n2)cc1. The third-order valence-corrected chi connectivity index (χ3v) is 3.75. The van der Waals surface area contributed by atoms with E-state index in [1.807, 2.05) is 0 Å². The Kier molecular flexibility index (Phi) is 5.54. The minimum absolute atomic E-state index is 0.280. The second kappa shape index (κ2) is 8.03. The maximum Gasteiger partial charge on any atom is 0.416 e. The van der Waals surface area contributed by atoms with Crippen LogP contribution in [0.5, 0.6) is 0 Å².